The van der Waals surface area contributed by atoms with Gasteiger partial charge in [-0.1, -0.05) is 78.9 Å². The van der Waals surface area contributed by atoms with Crippen LogP contribution in [0.2, 0.25) is 0 Å². The normalized spacial score (nSPS) is 12.1. The molecule has 0 aliphatic carbocycles. The highest BCUT2D eigenvalue weighted by Gasteiger charge is 2.22. The molecule has 9 aromatic rings. The third-order valence-corrected chi connectivity index (χ3v) is 8.36. The molecular formula is C37H24N2O. The molecule has 9 rings (SSSR count). The fourth-order valence-corrected chi connectivity index (χ4v) is 6.73. The molecule has 3 nitrogen and oxygen atoms in total. The Balaban J connectivity index is 1.48. The van der Waals surface area contributed by atoms with Crippen molar-refractivity contribution < 1.29 is 4.42 Å². The zero-order valence-electron chi connectivity index (χ0n) is 21.9. The molecule has 0 aliphatic rings. The quantitative estimate of drug-likeness (QED) is 0.226. The topological polar surface area (TPSA) is 23.0 Å². The van der Waals surface area contributed by atoms with Gasteiger partial charge in [-0.05, 0) is 61.0 Å². The standard InChI is InChI=1S/C37H24N2O/c1-23-10-8-11-24(22-23)38-29-16-5-2-13-27(29)35-31(38)20-21-32-36(35)28-14-3-6-17-30(28)39(32)33-18-9-15-26-25-12-4-7-19-34(25)40-37(26)33/h2-22H,1H3. The number of fused-ring (bicyclic) bond motifs is 10. The minimum atomic E-state index is 0.911. The highest BCUT2D eigenvalue weighted by atomic mass is 16.3. The summed E-state index contributed by atoms with van der Waals surface area (Å²) < 4.78 is 11.3. The molecule has 0 N–H and O–H groups in total. The Morgan fingerprint density at radius 1 is 0.475 bits per heavy atom. The molecule has 188 valence electrons. The Bertz CT molecular complexity index is 2450. The van der Waals surface area contributed by atoms with E-state index in [1.165, 1.54) is 54.9 Å². The number of aromatic nitrogens is 2. The molecule has 3 heteroatoms. The molecule has 0 radical (unpaired) electrons. The zero-order valence-corrected chi connectivity index (χ0v) is 21.9. The summed E-state index contributed by atoms with van der Waals surface area (Å²) in [5.74, 6) is 0. The molecule has 0 saturated carbocycles. The Morgan fingerprint density at radius 3 is 1.82 bits per heavy atom. The predicted octanol–water partition coefficient (Wildman–Crippen LogP) is 10.1. The van der Waals surface area contributed by atoms with Gasteiger partial charge in [0.2, 0.25) is 0 Å². The molecule has 6 aromatic carbocycles. The first kappa shape index (κ1) is 21.6. The second-order valence-corrected chi connectivity index (χ2v) is 10.6. The lowest BCUT2D eigenvalue weighted by atomic mass is 10.1. The van der Waals surface area contributed by atoms with E-state index in [2.05, 4.69) is 137 Å². The van der Waals surface area contributed by atoms with Crippen LogP contribution in [-0.2, 0) is 0 Å². The fourth-order valence-electron chi connectivity index (χ4n) is 6.73. The molecule has 0 spiro atoms. The summed E-state index contributed by atoms with van der Waals surface area (Å²) >= 11 is 0. The van der Waals surface area contributed by atoms with E-state index in [1.54, 1.807) is 0 Å². The van der Waals surface area contributed by atoms with Gasteiger partial charge < -0.3 is 13.6 Å². The largest absolute Gasteiger partial charge is 0.454 e. The second-order valence-electron chi connectivity index (χ2n) is 10.6. The lowest BCUT2D eigenvalue weighted by Crippen LogP contribution is -1.95. The van der Waals surface area contributed by atoms with Crippen molar-refractivity contribution in [3.63, 3.8) is 0 Å². The summed E-state index contributed by atoms with van der Waals surface area (Å²) in [6.45, 7) is 2.15. The van der Waals surface area contributed by atoms with Crippen molar-refractivity contribution in [3.05, 3.63) is 133 Å². The van der Waals surface area contributed by atoms with Crippen molar-refractivity contribution in [2.45, 2.75) is 6.92 Å². The van der Waals surface area contributed by atoms with E-state index in [-0.39, 0.29) is 0 Å². The van der Waals surface area contributed by atoms with Gasteiger partial charge in [-0.3, -0.25) is 0 Å². The lowest BCUT2D eigenvalue weighted by Gasteiger charge is -2.10. The molecule has 0 fully saturated rings. The monoisotopic (exact) mass is 512 g/mol. The molecular weight excluding hydrogens is 488 g/mol. The van der Waals surface area contributed by atoms with Crippen LogP contribution in [0, 0.1) is 6.92 Å². The maximum Gasteiger partial charge on any atom is 0.159 e. The minimum Gasteiger partial charge on any atom is -0.454 e. The number of nitrogens with zero attached hydrogens (tertiary/aromatic N) is 2. The molecule has 0 amide bonds. The number of furan rings is 1. The van der Waals surface area contributed by atoms with E-state index < -0.39 is 0 Å². The van der Waals surface area contributed by atoms with Crippen LogP contribution in [0.1, 0.15) is 5.56 Å². The van der Waals surface area contributed by atoms with Gasteiger partial charge in [0, 0.05) is 38.0 Å². The van der Waals surface area contributed by atoms with Crippen molar-refractivity contribution in [1.82, 2.24) is 9.13 Å². The lowest BCUT2D eigenvalue weighted by molar-refractivity contribution is 0.666. The van der Waals surface area contributed by atoms with Gasteiger partial charge in [-0.2, -0.15) is 0 Å². The average molecular weight is 513 g/mol. The number of hydrogen-bond acceptors (Lipinski definition) is 1. The number of para-hydroxylation sites is 4. The highest BCUT2D eigenvalue weighted by molar-refractivity contribution is 6.29. The molecule has 0 aliphatic heterocycles. The Morgan fingerprint density at radius 2 is 1.07 bits per heavy atom. The second kappa shape index (κ2) is 7.87. The van der Waals surface area contributed by atoms with E-state index in [9.17, 15) is 0 Å². The third-order valence-electron chi connectivity index (χ3n) is 8.36. The van der Waals surface area contributed by atoms with E-state index in [4.69, 9.17) is 4.42 Å². The first-order valence-corrected chi connectivity index (χ1v) is 13.7. The highest BCUT2D eigenvalue weighted by Crippen LogP contribution is 2.43. The third kappa shape index (κ3) is 2.79. The molecule has 3 heterocycles. The van der Waals surface area contributed by atoms with E-state index in [0.717, 1.165) is 27.6 Å². The van der Waals surface area contributed by atoms with Gasteiger partial charge in [0.05, 0.1) is 27.8 Å². The summed E-state index contributed by atoms with van der Waals surface area (Å²) in [6.07, 6.45) is 0. The Kier molecular flexibility index (Phi) is 4.26. The smallest absolute Gasteiger partial charge is 0.159 e. The zero-order chi connectivity index (χ0) is 26.4. The van der Waals surface area contributed by atoms with E-state index >= 15 is 0 Å². The van der Waals surface area contributed by atoms with Crippen LogP contribution in [0.4, 0.5) is 0 Å². The van der Waals surface area contributed by atoms with Crippen molar-refractivity contribution in [2.75, 3.05) is 0 Å². The molecule has 0 unspecified atom stereocenters. The van der Waals surface area contributed by atoms with Gasteiger partial charge in [0.25, 0.3) is 0 Å². The van der Waals surface area contributed by atoms with Gasteiger partial charge in [0.15, 0.2) is 5.58 Å². The number of rotatable bonds is 2. The van der Waals surface area contributed by atoms with Crippen LogP contribution in [-0.4, -0.2) is 9.13 Å². The van der Waals surface area contributed by atoms with Gasteiger partial charge in [-0.25, -0.2) is 0 Å². The van der Waals surface area contributed by atoms with Crippen LogP contribution in [0.15, 0.2) is 132 Å². The van der Waals surface area contributed by atoms with Crippen molar-refractivity contribution >= 4 is 65.6 Å². The Hall–Kier alpha value is -5.28. The molecule has 3 aromatic heterocycles. The maximum absolute atomic E-state index is 6.51. The number of aryl methyl sites for hydroxylation is 1. The van der Waals surface area contributed by atoms with E-state index in [0.29, 0.717) is 0 Å². The van der Waals surface area contributed by atoms with Crippen LogP contribution >= 0.6 is 0 Å². The SMILES string of the molecule is Cc1cccc(-n2c3ccccc3c3c4c5ccccc5n(-c5cccc6c5oc5ccccc56)c4ccc32)c1. The summed E-state index contributed by atoms with van der Waals surface area (Å²) in [5, 5.41) is 7.32. The first-order chi connectivity index (χ1) is 19.8. The summed E-state index contributed by atoms with van der Waals surface area (Å²) in [7, 11) is 0. The van der Waals surface area contributed by atoms with Crippen LogP contribution < -0.4 is 0 Å². The molecule has 0 atom stereocenters. The number of hydrogen-bond donors (Lipinski definition) is 0. The van der Waals surface area contributed by atoms with Crippen LogP contribution in [0.25, 0.3) is 76.9 Å². The van der Waals surface area contributed by atoms with Crippen molar-refractivity contribution in [3.8, 4) is 11.4 Å². The molecule has 0 bridgehead atoms. The molecule has 0 saturated heterocycles. The van der Waals surface area contributed by atoms with Crippen LogP contribution in [0.5, 0.6) is 0 Å². The van der Waals surface area contributed by atoms with Gasteiger partial charge >= 0.3 is 0 Å². The van der Waals surface area contributed by atoms with Gasteiger partial charge in [0.1, 0.15) is 5.58 Å². The average Bonchev–Trinajstić information content (AvgIpc) is 3.65. The Labute approximate surface area is 230 Å². The molecule has 40 heavy (non-hydrogen) atoms. The van der Waals surface area contributed by atoms with Crippen molar-refractivity contribution in [1.29, 1.82) is 0 Å². The minimum absolute atomic E-state index is 0.911. The van der Waals surface area contributed by atoms with Gasteiger partial charge in [-0.15, -0.1) is 0 Å². The van der Waals surface area contributed by atoms with Crippen LogP contribution in [0.3, 0.4) is 0 Å². The summed E-state index contributed by atoms with van der Waals surface area (Å²) in [6, 6.07) is 45.6. The predicted molar refractivity (Wildman–Crippen MR) is 167 cm³/mol. The number of benzene rings is 6. The first-order valence-electron chi connectivity index (χ1n) is 13.7. The maximum atomic E-state index is 6.51. The fraction of sp³-hybridized carbons (Fsp3) is 0.0270. The summed E-state index contributed by atoms with van der Waals surface area (Å²) in [4.78, 5) is 0. The van der Waals surface area contributed by atoms with Crippen molar-refractivity contribution in [2.24, 2.45) is 0 Å². The summed E-state index contributed by atoms with van der Waals surface area (Å²) in [5.41, 5.74) is 10.1. The van der Waals surface area contributed by atoms with E-state index in [1.807, 2.05) is 6.07 Å².